The van der Waals surface area contributed by atoms with Gasteiger partial charge in [-0.2, -0.15) is 0 Å². The Balaban J connectivity index is 2.48. The average molecular weight is 220 g/mol. The first-order valence-corrected chi connectivity index (χ1v) is 4.46. The lowest BCUT2D eigenvalue weighted by atomic mass is 10.5. The minimum absolute atomic E-state index is 0.293. The number of hydrogen-bond acceptors (Lipinski definition) is 5. The Bertz CT molecular complexity index is 558. The van der Waals surface area contributed by atoms with Gasteiger partial charge in [-0.3, -0.25) is 4.79 Å². The van der Waals surface area contributed by atoms with Crippen molar-refractivity contribution in [3.05, 3.63) is 40.8 Å². The lowest BCUT2D eigenvalue weighted by molar-refractivity contribution is 0.0927. The quantitative estimate of drug-likeness (QED) is 0.742. The highest BCUT2D eigenvalue weighted by molar-refractivity contribution is 5.89. The summed E-state index contributed by atoms with van der Waals surface area (Å²) in [6, 6.07) is 4.98. The number of hydrogen-bond donors (Lipinski definition) is 1. The molecule has 1 amide bonds. The van der Waals surface area contributed by atoms with Crippen molar-refractivity contribution in [2.45, 2.75) is 0 Å². The zero-order valence-corrected chi connectivity index (χ0v) is 8.38. The summed E-state index contributed by atoms with van der Waals surface area (Å²) in [5, 5.41) is 6.02. The van der Waals surface area contributed by atoms with E-state index >= 15 is 0 Å². The second kappa shape index (κ2) is 3.97. The Morgan fingerprint density at radius 3 is 2.94 bits per heavy atom. The highest BCUT2D eigenvalue weighted by Gasteiger charge is 2.15. The first-order chi connectivity index (χ1) is 7.72. The Morgan fingerprint density at radius 2 is 2.31 bits per heavy atom. The summed E-state index contributed by atoms with van der Waals surface area (Å²) in [4.78, 5) is 26.5. The second-order valence-electron chi connectivity index (χ2n) is 2.85. The van der Waals surface area contributed by atoms with E-state index in [1.165, 1.54) is 13.2 Å². The van der Waals surface area contributed by atoms with Crippen molar-refractivity contribution in [3.8, 4) is 5.82 Å². The van der Waals surface area contributed by atoms with Gasteiger partial charge in [-0.15, -0.1) is 9.78 Å². The highest BCUT2D eigenvalue weighted by Crippen LogP contribution is 1.99. The van der Waals surface area contributed by atoms with E-state index in [-0.39, 0.29) is 5.89 Å². The molecule has 0 aliphatic heterocycles. The molecule has 2 heterocycles. The highest BCUT2D eigenvalue weighted by atomic mass is 16.4. The van der Waals surface area contributed by atoms with E-state index in [4.69, 9.17) is 0 Å². The van der Waals surface area contributed by atoms with Crippen LogP contribution in [0.1, 0.15) is 10.7 Å². The van der Waals surface area contributed by atoms with E-state index in [0.717, 1.165) is 4.68 Å². The van der Waals surface area contributed by atoms with Gasteiger partial charge in [0.1, 0.15) is 0 Å². The molecule has 82 valence electrons. The summed E-state index contributed by atoms with van der Waals surface area (Å²) in [5.74, 6) is -1.31. The van der Waals surface area contributed by atoms with Crippen LogP contribution in [0.4, 0.5) is 0 Å². The SMILES string of the molecule is CNC(=O)c1nn(-c2ccccn2)c(=O)o1. The number of amides is 1. The van der Waals surface area contributed by atoms with Crippen molar-refractivity contribution in [3.63, 3.8) is 0 Å². The van der Waals surface area contributed by atoms with Gasteiger partial charge >= 0.3 is 17.6 Å². The molecule has 1 N–H and O–H groups in total. The van der Waals surface area contributed by atoms with Crippen LogP contribution in [0, 0.1) is 0 Å². The monoisotopic (exact) mass is 220 g/mol. The number of nitrogens with one attached hydrogen (secondary N) is 1. The van der Waals surface area contributed by atoms with Crippen LogP contribution in [0.5, 0.6) is 0 Å². The predicted octanol–water partition coefficient (Wildman–Crippen LogP) is -0.420. The summed E-state index contributed by atoms with van der Waals surface area (Å²) in [7, 11) is 1.42. The van der Waals surface area contributed by atoms with Gasteiger partial charge in [-0.25, -0.2) is 9.78 Å². The lowest BCUT2D eigenvalue weighted by Crippen LogP contribution is -2.18. The zero-order valence-electron chi connectivity index (χ0n) is 8.38. The van der Waals surface area contributed by atoms with Gasteiger partial charge in [-0.1, -0.05) is 6.07 Å². The molecule has 0 radical (unpaired) electrons. The van der Waals surface area contributed by atoms with Crippen LogP contribution in [-0.2, 0) is 0 Å². The molecular formula is C9H8N4O3. The Kier molecular flexibility index (Phi) is 2.50. The largest absolute Gasteiger partial charge is 0.443 e. The molecule has 0 spiro atoms. The first-order valence-electron chi connectivity index (χ1n) is 4.46. The third-order valence-electron chi connectivity index (χ3n) is 1.84. The van der Waals surface area contributed by atoms with Crippen molar-refractivity contribution < 1.29 is 9.21 Å². The van der Waals surface area contributed by atoms with Gasteiger partial charge in [-0.05, 0) is 12.1 Å². The van der Waals surface area contributed by atoms with E-state index in [1.54, 1.807) is 18.2 Å². The van der Waals surface area contributed by atoms with Gasteiger partial charge in [0.25, 0.3) is 0 Å². The molecule has 0 atom stereocenters. The van der Waals surface area contributed by atoms with Crippen LogP contribution in [0.2, 0.25) is 0 Å². The average Bonchev–Trinajstić information content (AvgIpc) is 2.71. The van der Waals surface area contributed by atoms with Gasteiger partial charge in [0.2, 0.25) is 0 Å². The molecule has 2 rings (SSSR count). The summed E-state index contributed by atoms with van der Waals surface area (Å²) < 4.78 is 5.59. The topological polar surface area (TPSA) is 90.0 Å². The smallest absolute Gasteiger partial charge is 0.382 e. The van der Waals surface area contributed by atoms with E-state index in [0.29, 0.717) is 5.82 Å². The summed E-state index contributed by atoms with van der Waals surface area (Å²) in [6.07, 6.45) is 1.51. The summed E-state index contributed by atoms with van der Waals surface area (Å²) in [5.41, 5.74) is 0. The van der Waals surface area contributed by atoms with E-state index < -0.39 is 11.7 Å². The zero-order chi connectivity index (χ0) is 11.5. The minimum Gasteiger partial charge on any atom is -0.382 e. The molecule has 2 aromatic rings. The molecule has 7 nitrogen and oxygen atoms in total. The summed E-state index contributed by atoms with van der Waals surface area (Å²) >= 11 is 0. The summed E-state index contributed by atoms with van der Waals surface area (Å²) in [6.45, 7) is 0. The number of pyridine rings is 1. The normalized spacial score (nSPS) is 10.1. The molecule has 0 unspecified atom stereocenters. The molecule has 0 bridgehead atoms. The van der Waals surface area contributed by atoms with Crippen LogP contribution in [0.25, 0.3) is 5.82 Å². The third kappa shape index (κ3) is 1.70. The maximum atomic E-state index is 11.4. The Morgan fingerprint density at radius 1 is 1.50 bits per heavy atom. The number of nitrogens with zero attached hydrogens (tertiary/aromatic N) is 3. The predicted molar refractivity (Wildman–Crippen MR) is 53.3 cm³/mol. The molecule has 7 heteroatoms. The molecule has 0 aliphatic carbocycles. The van der Waals surface area contributed by atoms with Crippen molar-refractivity contribution in [2.24, 2.45) is 0 Å². The maximum absolute atomic E-state index is 11.4. The fourth-order valence-corrected chi connectivity index (χ4v) is 1.10. The van der Waals surface area contributed by atoms with Crippen molar-refractivity contribution in [2.75, 3.05) is 7.05 Å². The van der Waals surface area contributed by atoms with Gasteiger partial charge in [0.05, 0.1) is 0 Å². The Labute approximate surface area is 89.7 Å². The molecular weight excluding hydrogens is 212 g/mol. The number of aromatic nitrogens is 3. The fourth-order valence-electron chi connectivity index (χ4n) is 1.10. The number of carbonyl (C=O) groups is 1. The lowest BCUT2D eigenvalue weighted by Gasteiger charge is -1.94. The van der Waals surface area contributed by atoms with Gasteiger partial charge in [0, 0.05) is 13.2 Å². The maximum Gasteiger partial charge on any atom is 0.443 e. The van der Waals surface area contributed by atoms with Crippen molar-refractivity contribution in [1.82, 2.24) is 20.1 Å². The molecule has 0 aromatic carbocycles. The third-order valence-corrected chi connectivity index (χ3v) is 1.84. The van der Waals surface area contributed by atoms with Crippen molar-refractivity contribution in [1.29, 1.82) is 0 Å². The minimum atomic E-state index is -0.752. The Hall–Kier alpha value is -2.44. The van der Waals surface area contributed by atoms with Gasteiger partial charge in [0.15, 0.2) is 5.82 Å². The van der Waals surface area contributed by atoms with Crippen LogP contribution >= 0.6 is 0 Å². The molecule has 0 aliphatic rings. The van der Waals surface area contributed by atoms with Crippen LogP contribution in [0.15, 0.2) is 33.6 Å². The van der Waals surface area contributed by atoms with E-state index in [9.17, 15) is 9.59 Å². The number of carbonyl (C=O) groups excluding carboxylic acids is 1. The van der Waals surface area contributed by atoms with Gasteiger partial charge < -0.3 is 9.73 Å². The molecule has 0 saturated heterocycles. The van der Waals surface area contributed by atoms with E-state index in [1.807, 2.05) is 0 Å². The molecule has 0 saturated carbocycles. The van der Waals surface area contributed by atoms with Crippen LogP contribution in [0.3, 0.4) is 0 Å². The molecule has 0 fully saturated rings. The number of rotatable bonds is 2. The molecule has 16 heavy (non-hydrogen) atoms. The second-order valence-corrected chi connectivity index (χ2v) is 2.85. The van der Waals surface area contributed by atoms with Crippen molar-refractivity contribution >= 4 is 5.91 Å². The fraction of sp³-hybridized carbons (Fsp3) is 0.111. The van der Waals surface area contributed by atoms with E-state index in [2.05, 4.69) is 19.8 Å². The van der Waals surface area contributed by atoms with Crippen LogP contribution < -0.4 is 11.1 Å². The standard InChI is InChI=1S/C9H8N4O3/c1-10-7(14)8-12-13(9(15)16-8)6-4-2-3-5-11-6/h2-5H,1H3,(H,10,14). The van der Waals surface area contributed by atoms with Crippen LogP contribution in [-0.4, -0.2) is 27.7 Å². The molecule has 2 aromatic heterocycles. The first kappa shape index (κ1) is 10.1.